The fourth-order valence-corrected chi connectivity index (χ4v) is 1.94. The van der Waals surface area contributed by atoms with Gasteiger partial charge in [0.1, 0.15) is 0 Å². The molecule has 12 heavy (non-hydrogen) atoms. The van der Waals surface area contributed by atoms with Gasteiger partial charge in [-0.1, -0.05) is 19.3 Å². The molecule has 0 aromatic rings. The summed E-state index contributed by atoms with van der Waals surface area (Å²) < 4.78 is 0. The summed E-state index contributed by atoms with van der Waals surface area (Å²) in [4.78, 5) is 4.64. The Balaban J connectivity index is 1.65. The van der Waals surface area contributed by atoms with Gasteiger partial charge in [0.15, 0.2) is 0 Å². The topological polar surface area (TPSA) is 12.4 Å². The molecular formula is C11H19N. The first kappa shape index (κ1) is 8.28. The lowest BCUT2D eigenvalue weighted by molar-refractivity contribution is 0.444. The number of hydrogen-bond donors (Lipinski definition) is 0. The fraction of sp³-hybridized carbons (Fsp3) is 0.909. The van der Waals surface area contributed by atoms with Gasteiger partial charge in [-0.2, -0.15) is 0 Å². The van der Waals surface area contributed by atoms with E-state index in [1.54, 1.807) is 0 Å². The smallest absolute Gasteiger partial charge is 0.0495 e. The van der Waals surface area contributed by atoms with Gasteiger partial charge in [-0.15, -0.1) is 0 Å². The highest BCUT2D eigenvalue weighted by Gasteiger charge is 2.19. The Morgan fingerprint density at radius 2 is 1.75 bits per heavy atom. The SMILES string of the molecule is C(CC1CC1)=NC1CCCCC1. The summed E-state index contributed by atoms with van der Waals surface area (Å²) in [5, 5.41) is 0. The monoisotopic (exact) mass is 165 g/mol. The lowest BCUT2D eigenvalue weighted by atomic mass is 9.96. The van der Waals surface area contributed by atoms with Gasteiger partial charge in [-0.05, 0) is 44.2 Å². The van der Waals surface area contributed by atoms with Gasteiger partial charge in [-0.25, -0.2) is 0 Å². The van der Waals surface area contributed by atoms with Gasteiger partial charge < -0.3 is 0 Å². The molecule has 2 aliphatic carbocycles. The van der Waals surface area contributed by atoms with Gasteiger partial charge in [0, 0.05) is 6.04 Å². The first-order valence-electron chi connectivity index (χ1n) is 5.47. The van der Waals surface area contributed by atoms with Gasteiger partial charge in [-0.3, -0.25) is 4.99 Å². The van der Waals surface area contributed by atoms with Crippen LogP contribution < -0.4 is 0 Å². The van der Waals surface area contributed by atoms with Crippen molar-refractivity contribution >= 4 is 6.21 Å². The average Bonchev–Trinajstić information content (AvgIpc) is 2.90. The highest BCUT2D eigenvalue weighted by Crippen LogP contribution is 2.31. The number of nitrogens with zero attached hydrogens (tertiary/aromatic N) is 1. The minimum absolute atomic E-state index is 0.692. The predicted molar refractivity (Wildman–Crippen MR) is 52.7 cm³/mol. The van der Waals surface area contributed by atoms with Crippen LogP contribution in [-0.4, -0.2) is 12.3 Å². The van der Waals surface area contributed by atoms with Crippen molar-refractivity contribution in [3.8, 4) is 0 Å². The van der Waals surface area contributed by atoms with Crippen molar-refractivity contribution in [3.05, 3.63) is 0 Å². The molecule has 2 aliphatic rings. The molecular weight excluding hydrogens is 146 g/mol. The summed E-state index contributed by atoms with van der Waals surface area (Å²) in [5.41, 5.74) is 0. The van der Waals surface area contributed by atoms with E-state index in [0.29, 0.717) is 6.04 Å². The van der Waals surface area contributed by atoms with Crippen molar-refractivity contribution in [2.75, 3.05) is 0 Å². The van der Waals surface area contributed by atoms with E-state index in [2.05, 4.69) is 11.2 Å². The third-order valence-electron chi connectivity index (χ3n) is 3.03. The summed E-state index contributed by atoms with van der Waals surface area (Å²) in [5.74, 6) is 1.01. The van der Waals surface area contributed by atoms with Crippen molar-refractivity contribution < 1.29 is 0 Å². The van der Waals surface area contributed by atoms with E-state index in [4.69, 9.17) is 0 Å². The van der Waals surface area contributed by atoms with Crippen LogP contribution in [0.15, 0.2) is 4.99 Å². The normalized spacial score (nSPS) is 26.7. The van der Waals surface area contributed by atoms with Crippen LogP contribution in [0.2, 0.25) is 0 Å². The van der Waals surface area contributed by atoms with Crippen molar-refractivity contribution in [2.45, 2.75) is 57.4 Å². The van der Waals surface area contributed by atoms with Crippen molar-refractivity contribution in [2.24, 2.45) is 10.9 Å². The molecule has 0 aliphatic heterocycles. The maximum Gasteiger partial charge on any atom is 0.0495 e. The molecule has 0 N–H and O–H groups in total. The summed E-state index contributed by atoms with van der Waals surface area (Å²) in [6, 6.07) is 0.692. The van der Waals surface area contributed by atoms with E-state index in [9.17, 15) is 0 Å². The molecule has 1 nitrogen and oxygen atoms in total. The quantitative estimate of drug-likeness (QED) is 0.569. The molecule has 68 valence electrons. The van der Waals surface area contributed by atoms with E-state index in [1.165, 1.54) is 51.4 Å². The summed E-state index contributed by atoms with van der Waals surface area (Å²) in [6.45, 7) is 0. The molecule has 0 bridgehead atoms. The van der Waals surface area contributed by atoms with Crippen LogP contribution in [0.3, 0.4) is 0 Å². The molecule has 2 saturated carbocycles. The summed E-state index contributed by atoms with van der Waals surface area (Å²) in [6.07, 6.45) is 13.3. The number of rotatable bonds is 3. The maximum absolute atomic E-state index is 4.64. The number of aliphatic imine (C=N–C) groups is 1. The Morgan fingerprint density at radius 1 is 1.00 bits per heavy atom. The maximum atomic E-state index is 4.64. The first-order valence-corrected chi connectivity index (χ1v) is 5.47. The molecule has 0 amide bonds. The van der Waals surface area contributed by atoms with Gasteiger partial charge in [0.2, 0.25) is 0 Å². The molecule has 0 unspecified atom stereocenters. The predicted octanol–water partition coefficient (Wildman–Crippen LogP) is 3.19. The molecule has 0 spiro atoms. The Kier molecular flexibility index (Phi) is 2.80. The third-order valence-corrected chi connectivity index (χ3v) is 3.03. The second kappa shape index (κ2) is 4.06. The minimum Gasteiger partial charge on any atom is -0.294 e. The van der Waals surface area contributed by atoms with E-state index in [1.807, 2.05) is 0 Å². The van der Waals surface area contributed by atoms with E-state index < -0.39 is 0 Å². The number of hydrogen-bond acceptors (Lipinski definition) is 1. The molecule has 0 atom stereocenters. The third kappa shape index (κ3) is 2.62. The lowest BCUT2D eigenvalue weighted by Gasteiger charge is -2.16. The van der Waals surface area contributed by atoms with Crippen LogP contribution >= 0.6 is 0 Å². The second-order valence-corrected chi connectivity index (χ2v) is 4.30. The molecule has 0 heterocycles. The van der Waals surface area contributed by atoms with Crippen molar-refractivity contribution in [1.29, 1.82) is 0 Å². The molecule has 0 aromatic carbocycles. The van der Waals surface area contributed by atoms with Crippen LogP contribution in [0, 0.1) is 5.92 Å². The van der Waals surface area contributed by atoms with Crippen molar-refractivity contribution in [1.82, 2.24) is 0 Å². The molecule has 0 radical (unpaired) electrons. The van der Waals surface area contributed by atoms with E-state index in [0.717, 1.165) is 5.92 Å². The second-order valence-electron chi connectivity index (χ2n) is 4.30. The van der Waals surface area contributed by atoms with Gasteiger partial charge in [0.25, 0.3) is 0 Å². The zero-order valence-electron chi connectivity index (χ0n) is 7.84. The van der Waals surface area contributed by atoms with Crippen LogP contribution in [0.4, 0.5) is 0 Å². The Bertz CT molecular complexity index is 152. The Morgan fingerprint density at radius 3 is 2.42 bits per heavy atom. The molecule has 1 heteroatoms. The standard InChI is InChI=1S/C11H19N/c1-2-4-11(5-3-1)12-9-8-10-6-7-10/h9-11H,1-8H2. The largest absolute Gasteiger partial charge is 0.294 e. The zero-order valence-corrected chi connectivity index (χ0v) is 7.84. The van der Waals surface area contributed by atoms with E-state index in [-0.39, 0.29) is 0 Å². The molecule has 0 aromatic heterocycles. The van der Waals surface area contributed by atoms with Gasteiger partial charge >= 0.3 is 0 Å². The Labute approximate surface area is 75.3 Å². The minimum atomic E-state index is 0.692. The Hall–Kier alpha value is -0.330. The highest BCUT2D eigenvalue weighted by atomic mass is 14.8. The van der Waals surface area contributed by atoms with Crippen molar-refractivity contribution in [3.63, 3.8) is 0 Å². The molecule has 2 fully saturated rings. The zero-order chi connectivity index (χ0) is 8.23. The first-order chi connectivity index (χ1) is 5.95. The molecule has 0 saturated heterocycles. The molecule has 2 rings (SSSR count). The van der Waals surface area contributed by atoms with E-state index >= 15 is 0 Å². The summed E-state index contributed by atoms with van der Waals surface area (Å²) >= 11 is 0. The highest BCUT2D eigenvalue weighted by molar-refractivity contribution is 5.58. The van der Waals surface area contributed by atoms with Crippen LogP contribution in [0.1, 0.15) is 51.4 Å². The van der Waals surface area contributed by atoms with Crippen LogP contribution in [-0.2, 0) is 0 Å². The lowest BCUT2D eigenvalue weighted by Crippen LogP contribution is -2.09. The van der Waals surface area contributed by atoms with Crippen LogP contribution in [0.25, 0.3) is 0 Å². The summed E-state index contributed by atoms with van der Waals surface area (Å²) in [7, 11) is 0. The van der Waals surface area contributed by atoms with Gasteiger partial charge in [0.05, 0.1) is 0 Å². The average molecular weight is 165 g/mol. The fourth-order valence-electron chi connectivity index (χ4n) is 1.94. The van der Waals surface area contributed by atoms with Crippen LogP contribution in [0.5, 0.6) is 0 Å².